The molecule has 1 amide bonds. The van der Waals surface area contributed by atoms with Gasteiger partial charge in [0, 0.05) is 33.8 Å². The van der Waals surface area contributed by atoms with Crippen molar-refractivity contribution in [2.24, 2.45) is 0 Å². The molecule has 0 saturated carbocycles. The van der Waals surface area contributed by atoms with E-state index in [9.17, 15) is 23.3 Å². The van der Waals surface area contributed by atoms with E-state index < -0.39 is 26.7 Å². The standard InChI is InChI=1S/C17H13ClN2O5S/c18-13-4-2-5-14(10-13)19(16-7-8-26(24,25)11-16)17(21)12-3-1-6-15(9-12)20(22)23/h1-10,16H,11H2. The number of benzene rings is 2. The Kier molecular flexibility index (Phi) is 4.80. The summed E-state index contributed by atoms with van der Waals surface area (Å²) in [5.74, 6) is -0.817. The first-order valence-corrected chi connectivity index (χ1v) is 9.61. The van der Waals surface area contributed by atoms with Crippen molar-refractivity contribution in [1.82, 2.24) is 0 Å². The van der Waals surface area contributed by atoms with Crippen molar-refractivity contribution in [3.63, 3.8) is 0 Å². The van der Waals surface area contributed by atoms with Crippen LogP contribution in [-0.2, 0) is 9.84 Å². The third kappa shape index (κ3) is 3.76. The van der Waals surface area contributed by atoms with Gasteiger partial charge < -0.3 is 4.90 Å². The predicted molar refractivity (Wildman–Crippen MR) is 98.1 cm³/mol. The Hall–Kier alpha value is -2.71. The van der Waals surface area contributed by atoms with Crippen LogP contribution in [0.15, 0.2) is 60.0 Å². The van der Waals surface area contributed by atoms with Crippen molar-refractivity contribution in [3.8, 4) is 0 Å². The molecule has 0 radical (unpaired) electrons. The van der Waals surface area contributed by atoms with Gasteiger partial charge in [-0.2, -0.15) is 0 Å². The third-order valence-electron chi connectivity index (χ3n) is 3.85. The van der Waals surface area contributed by atoms with Gasteiger partial charge in [0.1, 0.15) is 0 Å². The number of hydrogen-bond acceptors (Lipinski definition) is 5. The molecule has 3 rings (SSSR count). The lowest BCUT2D eigenvalue weighted by Crippen LogP contribution is -2.41. The molecule has 1 aliphatic heterocycles. The fourth-order valence-electron chi connectivity index (χ4n) is 2.70. The Morgan fingerprint density at radius 3 is 2.54 bits per heavy atom. The summed E-state index contributed by atoms with van der Waals surface area (Å²) in [4.78, 5) is 24.7. The van der Waals surface area contributed by atoms with Gasteiger partial charge in [0.25, 0.3) is 11.6 Å². The highest BCUT2D eigenvalue weighted by atomic mass is 35.5. The SMILES string of the molecule is O=C(c1cccc([N+](=O)[O-])c1)N(c1cccc(Cl)c1)C1C=CS(=O)(=O)C1. The molecule has 26 heavy (non-hydrogen) atoms. The molecule has 134 valence electrons. The van der Waals surface area contributed by atoms with Gasteiger partial charge in [0.05, 0.1) is 16.7 Å². The molecule has 0 fully saturated rings. The van der Waals surface area contributed by atoms with Crippen LogP contribution in [0.1, 0.15) is 10.4 Å². The highest BCUT2D eigenvalue weighted by Crippen LogP contribution is 2.28. The molecular weight excluding hydrogens is 380 g/mol. The molecule has 0 spiro atoms. The second-order valence-corrected chi connectivity index (χ2v) is 8.06. The van der Waals surface area contributed by atoms with Crippen LogP contribution in [0.5, 0.6) is 0 Å². The second-order valence-electron chi connectivity index (χ2n) is 5.69. The largest absolute Gasteiger partial charge is 0.300 e. The summed E-state index contributed by atoms with van der Waals surface area (Å²) < 4.78 is 23.6. The smallest absolute Gasteiger partial charge is 0.270 e. The van der Waals surface area contributed by atoms with Crippen molar-refractivity contribution >= 4 is 38.7 Å². The first-order valence-electron chi connectivity index (χ1n) is 7.51. The van der Waals surface area contributed by atoms with Gasteiger partial charge in [0.2, 0.25) is 0 Å². The van der Waals surface area contributed by atoms with Crippen LogP contribution >= 0.6 is 11.6 Å². The summed E-state index contributed by atoms with van der Waals surface area (Å²) in [5.41, 5.74) is 0.258. The van der Waals surface area contributed by atoms with E-state index >= 15 is 0 Å². The first-order chi connectivity index (χ1) is 12.3. The zero-order valence-electron chi connectivity index (χ0n) is 13.3. The van der Waals surface area contributed by atoms with Crippen LogP contribution in [0.3, 0.4) is 0 Å². The summed E-state index contributed by atoms with van der Waals surface area (Å²) in [6.07, 6.45) is 1.42. The van der Waals surface area contributed by atoms with Crippen LogP contribution in [-0.4, -0.2) is 31.0 Å². The Morgan fingerprint density at radius 2 is 1.92 bits per heavy atom. The molecule has 2 aromatic rings. The summed E-state index contributed by atoms with van der Waals surface area (Å²) >= 11 is 6.01. The molecular formula is C17H13ClN2O5S. The van der Waals surface area contributed by atoms with E-state index in [2.05, 4.69) is 0 Å². The number of sulfone groups is 1. The lowest BCUT2D eigenvalue weighted by atomic mass is 10.1. The maximum Gasteiger partial charge on any atom is 0.270 e. The van der Waals surface area contributed by atoms with Gasteiger partial charge in [-0.15, -0.1) is 0 Å². The van der Waals surface area contributed by atoms with Gasteiger partial charge in [-0.3, -0.25) is 14.9 Å². The predicted octanol–water partition coefficient (Wildman–Crippen LogP) is 3.21. The molecule has 9 heteroatoms. The fraction of sp³-hybridized carbons (Fsp3) is 0.118. The van der Waals surface area contributed by atoms with Crippen LogP contribution < -0.4 is 4.90 Å². The summed E-state index contributed by atoms with van der Waals surface area (Å²) in [6.45, 7) is 0. The Labute approximate surface area is 154 Å². The van der Waals surface area contributed by atoms with E-state index in [1.165, 1.54) is 35.2 Å². The Balaban J connectivity index is 2.06. The number of carbonyl (C=O) groups is 1. The molecule has 0 bridgehead atoms. The molecule has 1 heterocycles. The average molecular weight is 393 g/mol. The molecule has 1 unspecified atom stereocenters. The molecule has 1 aliphatic rings. The number of carbonyl (C=O) groups excluding carboxylic acids is 1. The lowest BCUT2D eigenvalue weighted by molar-refractivity contribution is -0.384. The number of anilines is 1. The van der Waals surface area contributed by atoms with Crippen LogP contribution in [0, 0.1) is 10.1 Å². The summed E-state index contributed by atoms with van der Waals surface area (Å²) in [7, 11) is -3.41. The number of halogens is 1. The van der Waals surface area contributed by atoms with Gasteiger partial charge >= 0.3 is 0 Å². The van der Waals surface area contributed by atoms with Gasteiger partial charge in [-0.05, 0) is 30.3 Å². The molecule has 1 atom stereocenters. The molecule has 2 aromatic carbocycles. The van der Waals surface area contributed by atoms with E-state index in [-0.39, 0.29) is 17.0 Å². The topological polar surface area (TPSA) is 97.6 Å². The number of non-ortho nitro benzene ring substituents is 1. The minimum absolute atomic E-state index is 0.0804. The Morgan fingerprint density at radius 1 is 1.19 bits per heavy atom. The van der Waals surface area contributed by atoms with Gasteiger partial charge in [-0.1, -0.05) is 23.7 Å². The lowest BCUT2D eigenvalue weighted by Gasteiger charge is -2.28. The minimum Gasteiger partial charge on any atom is -0.300 e. The van der Waals surface area contributed by atoms with Crippen LogP contribution in [0.4, 0.5) is 11.4 Å². The first kappa shape index (κ1) is 18.1. The van der Waals surface area contributed by atoms with Crippen molar-refractivity contribution in [1.29, 1.82) is 0 Å². The molecule has 0 aliphatic carbocycles. The van der Waals surface area contributed by atoms with Gasteiger partial charge in [-0.25, -0.2) is 8.42 Å². The van der Waals surface area contributed by atoms with E-state index in [0.717, 1.165) is 11.5 Å². The van der Waals surface area contributed by atoms with E-state index in [1.54, 1.807) is 18.2 Å². The highest BCUT2D eigenvalue weighted by molar-refractivity contribution is 7.94. The normalized spacial score (nSPS) is 17.8. The zero-order chi connectivity index (χ0) is 18.9. The maximum absolute atomic E-state index is 13.1. The molecule has 0 N–H and O–H groups in total. The Bertz CT molecular complexity index is 1020. The van der Waals surface area contributed by atoms with Crippen LogP contribution in [0.2, 0.25) is 5.02 Å². The number of rotatable bonds is 4. The number of hydrogen-bond donors (Lipinski definition) is 0. The molecule has 0 saturated heterocycles. The third-order valence-corrected chi connectivity index (χ3v) is 5.46. The monoisotopic (exact) mass is 392 g/mol. The summed E-state index contributed by atoms with van der Waals surface area (Å²) in [5, 5.41) is 12.4. The van der Waals surface area contributed by atoms with E-state index in [1.807, 2.05) is 0 Å². The minimum atomic E-state index is -3.41. The molecule has 7 nitrogen and oxygen atoms in total. The van der Waals surface area contributed by atoms with Crippen molar-refractivity contribution in [2.45, 2.75) is 6.04 Å². The van der Waals surface area contributed by atoms with Crippen molar-refractivity contribution in [3.05, 3.63) is 80.7 Å². The number of nitro groups is 1. The van der Waals surface area contributed by atoms with Crippen molar-refractivity contribution in [2.75, 3.05) is 10.7 Å². The average Bonchev–Trinajstić information content (AvgIpc) is 2.94. The maximum atomic E-state index is 13.1. The van der Waals surface area contributed by atoms with E-state index in [0.29, 0.717) is 10.7 Å². The number of nitrogens with zero attached hydrogens (tertiary/aromatic N) is 2. The van der Waals surface area contributed by atoms with Crippen molar-refractivity contribution < 1.29 is 18.1 Å². The summed E-state index contributed by atoms with van der Waals surface area (Å²) in [6, 6.07) is 11.0. The quantitative estimate of drug-likeness (QED) is 0.587. The highest BCUT2D eigenvalue weighted by Gasteiger charge is 2.32. The van der Waals surface area contributed by atoms with Gasteiger partial charge in [0.15, 0.2) is 9.84 Å². The fourth-order valence-corrected chi connectivity index (χ4v) is 4.15. The van der Waals surface area contributed by atoms with Crippen LogP contribution in [0.25, 0.3) is 0 Å². The number of nitro benzene ring substituents is 1. The second kappa shape index (κ2) is 6.89. The molecule has 0 aromatic heterocycles. The number of amides is 1. The van der Waals surface area contributed by atoms with E-state index in [4.69, 9.17) is 11.6 Å². The zero-order valence-corrected chi connectivity index (χ0v) is 14.9.